The SMILES string of the molecule is CC1=CCCC2(C)C(CCC2(O)CN2CCN(CCO)CC2)c2ccc(cc2C(=O)c2ccccc2)CC(O)CC1. The van der Waals surface area contributed by atoms with Gasteiger partial charge in [-0.1, -0.05) is 61.0 Å². The standard InChI is InChI=1S/C35H48N2O4/c1-26-7-6-15-34(2)32(14-16-35(34,41)25-37-19-17-36(18-20-37)21-22-38)30-13-11-27(23-29(39)12-10-26)24-31(30)33(40)28-8-4-3-5-9-28/h3-5,7-9,11,13,24,29,32,38-39,41H,6,10,12,14-23,25H2,1-2H3. The lowest BCUT2D eigenvalue weighted by Crippen LogP contribution is -2.56. The van der Waals surface area contributed by atoms with Crippen molar-refractivity contribution in [3.8, 4) is 0 Å². The van der Waals surface area contributed by atoms with E-state index in [9.17, 15) is 20.1 Å². The average Bonchev–Trinajstić information content (AvgIpc) is 3.22. The van der Waals surface area contributed by atoms with E-state index in [1.165, 1.54) is 5.57 Å². The molecule has 1 aliphatic heterocycles. The molecule has 2 fully saturated rings. The van der Waals surface area contributed by atoms with Gasteiger partial charge in [0.2, 0.25) is 0 Å². The molecule has 6 rings (SSSR count). The van der Waals surface area contributed by atoms with Crippen molar-refractivity contribution in [2.45, 2.75) is 76.4 Å². The van der Waals surface area contributed by atoms with Crippen LogP contribution in [-0.4, -0.2) is 88.5 Å². The molecule has 1 heterocycles. The first kappa shape index (κ1) is 30.1. The fourth-order valence-electron chi connectivity index (χ4n) is 7.62. The molecule has 3 N–H and O–H groups in total. The van der Waals surface area contributed by atoms with Crippen LogP contribution in [0.5, 0.6) is 0 Å². The number of carbonyl (C=O) groups is 1. The van der Waals surface area contributed by atoms with Crippen LogP contribution in [0.1, 0.15) is 85.3 Å². The molecule has 4 aliphatic rings. The maximum atomic E-state index is 14.0. The molecule has 41 heavy (non-hydrogen) atoms. The van der Waals surface area contributed by atoms with E-state index in [0.29, 0.717) is 43.5 Å². The van der Waals surface area contributed by atoms with Crippen molar-refractivity contribution in [3.05, 3.63) is 82.4 Å². The molecule has 1 saturated heterocycles. The first-order chi connectivity index (χ1) is 19.7. The van der Waals surface area contributed by atoms with E-state index >= 15 is 0 Å². The van der Waals surface area contributed by atoms with Gasteiger partial charge in [0, 0.05) is 55.8 Å². The van der Waals surface area contributed by atoms with Gasteiger partial charge in [-0.25, -0.2) is 0 Å². The molecule has 2 aromatic carbocycles. The quantitative estimate of drug-likeness (QED) is 0.355. The summed E-state index contributed by atoms with van der Waals surface area (Å²) < 4.78 is 0. The van der Waals surface area contributed by atoms with Crippen molar-refractivity contribution >= 4 is 5.78 Å². The number of hydrogen-bond acceptors (Lipinski definition) is 6. The van der Waals surface area contributed by atoms with E-state index in [0.717, 1.165) is 63.0 Å². The molecule has 4 unspecified atom stereocenters. The predicted molar refractivity (Wildman–Crippen MR) is 163 cm³/mol. The van der Waals surface area contributed by atoms with Crippen LogP contribution >= 0.6 is 0 Å². The number of aliphatic hydroxyl groups excluding tert-OH is 2. The zero-order valence-corrected chi connectivity index (χ0v) is 24.9. The molecule has 0 spiro atoms. The fourth-order valence-corrected chi connectivity index (χ4v) is 7.62. The molecule has 6 heteroatoms. The molecule has 6 nitrogen and oxygen atoms in total. The summed E-state index contributed by atoms with van der Waals surface area (Å²) in [5, 5.41) is 32.7. The normalized spacial score (nSPS) is 30.0. The Bertz CT molecular complexity index is 1220. The Balaban J connectivity index is 1.52. The van der Waals surface area contributed by atoms with E-state index in [-0.39, 0.29) is 18.3 Å². The zero-order chi connectivity index (χ0) is 29.0. The molecule has 2 bridgehead atoms. The second kappa shape index (κ2) is 12.9. The van der Waals surface area contributed by atoms with Gasteiger partial charge in [-0.05, 0) is 75.0 Å². The van der Waals surface area contributed by atoms with Gasteiger partial charge >= 0.3 is 0 Å². The Kier molecular flexibility index (Phi) is 9.47. The number of β-amino-alcohol motifs (C(OH)–C–C–N with tert-alkyl or cyclic N) is 2. The molecule has 0 radical (unpaired) electrons. The number of rotatable bonds is 6. The maximum absolute atomic E-state index is 14.0. The summed E-state index contributed by atoms with van der Waals surface area (Å²) in [6.45, 7) is 9.50. The number of nitrogens with zero attached hydrogens (tertiary/aromatic N) is 2. The van der Waals surface area contributed by atoms with Gasteiger partial charge in [0.25, 0.3) is 0 Å². The van der Waals surface area contributed by atoms with Crippen LogP contribution in [0.4, 0.5) is 0 Å². The van der Waals surface area contributed by atoms with Gasteiger partial charge in [0.15, 0.2) is 5.78 Å². The number of piperazine rings is 1. The van der Waals surface area contributed by atoms with Crippen molar-refractivity contribution in [1.29, 1.82) is 0 Å². The molecule has 1 saturated carbocycles. The first-order valence-corrected chi connectivity index (χ1v) is 15.6. The summed E-state index contributed by atoms with van der Waals surface area (Å²) in [4.78, 5) is 18.7. The van der Waals surface area contributed by atoms with E-state index < -0.39 is 17.1 Å². The van der Waals surface area contributed by atoms with Crippen LogP contribution in [-0.2, 0) is 6.42 Å². The number of fused-ring (bicyclic) bond motifs is 8. The van der Waals surface area contributed by atoms with Crippen LogP contribution < -0.4 is 0 Å². The van der Waals surface area contributed by atoms with Crippen molar-refractivity contribution in [2.75, 3.05) is 45.9 Å². The highest BCUT2D eigenvalue weighted by Gasteiger charge is 2.57. The summed E-state index contributed by atoms with van der Waals surface area (Å²) in [6, 6.07) is 15.7. The van der Waals surface area contributed by atoms with Crippen LogP contribution in [0.15, 0.2) is 60.2 Å². The monoisotopic (exact) mass is 560 g/mol. The molecule has 0 amide bonds. The van der Waals surface area contributed by atoms with Gasteiger partial charge in [-0.3, -0.25) is 14.6 Å². The molecular weight excluding hydrogens is 512 g/mol. The van der Waals surface area contributed by atoms with Gasteiger partial charge in [-0.15, -0.1) is 0 Å². The summed E-state index contributed by atoms with van der Waals surface area (Å²) in [7, 11) is 0. The largest absolute Gasteiger partial charge is 0.395 e. The number of carbonyl (C=O) groups excluding carboxylic acids is 1. The third kappa shape index (κ3) is 6.52. The van der Waals surface area contributed by atoms with Gasteiger partial charge < -0.3 is 15.3 Å². The highest BCUT2D eigenvalue weighted by Crippen LogP contribution is 2.58. The summed E-state index contributed by atoms with van der Waals surface area (Å²) in [5.74, 6) is 0.0547. The van der Waals surface area contributed by atoms with Crippen molar-refractivity contribution in [1.82, 2.24) is 9.80 Å². The molecular formula is C35H48N2O4. The molecule has 2 aromatic rings. The maximum Gasteiger partial charge on any atom is 0.193 e. The number of aliphatic hydroxyl groups is 3. The summed E-state index contributed by atoms with van der Waals surface area (Å²) in [6.07, 6.45) is 7.13. The molecule has 0 aromatic heterocycles. The van der Waals surface area contributed by atoms with Crippen LogP contribution in [0, 0.1) is 5.41 Å². The Labute approximate surface area is 245 Å². The topological polar surface area (TPSA) is 84.2 Å². The van der Waals surface area contributed by atoms with E-state index in [4.69, 9.17) is 0 Å². The van der Waals surface area contributed by atoms with Gasteiger partial charge in [0.1, 0.15) is 0 Å². The highest BCUT2D eigenvalue weighted by molar-refractivity contribution is 6.10. The van der Waals surface area contributed by atoms with Crippen LogP contribution in [0.2, 0.25) is 0 Å². The Morgan fingerprint density at radius 2 is 1.73 bits per heavy atom. The second-order valence-electron chi connectivity index (χ2n) is 13.0. The van der Waals surface area contributed by atoms with E-state index in [1.807, 2.05) is 36.4 Å². The van der Waals surface area contributed by atoms with Crippen molar-refractivity contribution < 1.29 is 20.1 Å². The first-order valence-electron chi connectivity index (χ1n) is 15.6. The zero-order valence-electron chi connectivity index (χ0n) is 24.9. The average molecular weight is 561 g/mol. The van der Waals surface area contributed by atoms with E-state index in [2.05, 4.69) is 41.9 Å². The third-order valence-electron chi connectivity index (χ3n) is 10.3. The minimum atomic E-state index is -0.877. The lowest BCUT2D eigenvalue weighted by atomic mass is 9.64. The minimum absolute atomic E-state index is 0.0116. The van der Waals surface area contributed by atoms with Crippen molar-refractivity contribution in [3.63, 3.8) is 0 Å². The molecule has 4 atom stereocenters. The van der Waals surface area contributed by atoms with Crippen LogP contribution in [0.3, 0.4) is 0 Å². The summed E-state index contributed by atoms with van der Waals surface area (Å²) in [5.41, 5.74) is 3.39. The molecule has 3 aliphatic carbocycles. The Morgan fingerprint density at radius 3 is 2.46 bits per heavy atom. The Morgan fingerprint density at radius 1 is 1.00 bits per heavy atom. The van der Waals surface area contributed by atoms with Gasteiger partial charge in [0.05, 0.1) is 18.3 Å². The number of hydrogen-bond donors (Lipinski definition) is 3. The van der Waals surface area contributed by atoms with Gasteiger partial charge in [-0.2, -0.15) is 0 Å². The third-order valence-corrected chi connectivity index (χ3v) is 10.3. The van der Waals surface area contributed by atoms with Crippen molar-refractivity contribution in [2.24, 2.45) is 5.41 Å². The number of benzene rings is 2. The van der Waals surface area contributed by atoms with Crippen LogP contribution in [0.25, 0.3) is 0 Å². The lowest BCUT2D eigenvalue weighted by Gasteiger charge is -2.47. The minimum Gasteiger partial charge on any atom is -0.395 e. The highest BCUT2D eigenvalue weighted by atomic mass is 16.3. The number of ketones is 1. The predicted octanol–water partition coefficient (Wildman–Crippen LogP) is 4.57. The lowest BCUT2D eigenvalue weighted by molar-refractivity contribution is -0.0888. The smallest absolute Gasteiger partial charge is 0.193 e. The second-order valence-corrected chi connectivity index (χ2v) is 13.0. The Hall–Kier alpha value is -2.35. The molecule has 222 valence electrons. The number of allylic oxidation sites excluding steroid dienone is 2. The summed E-state index contributed by atoms with van der Waals surface area (Å²) >= 11 is 0. The fraction of sp³-hybridized carbons (Fsp3) is 0.571. The van der Waals surface area contributed by atoms with E-state index in [1.54, 1.807) is 0 Å².